The maximum Gasteiger partial charge on any atom is 0.320 e. The molecule has 0 saturated heterocycles. The number of hydrogen-bond acceptors (Lipinski definition) is 2. The fraction of sp³-hybridized carbons (Fsp3) is 0.909. The van der Waals surface area contributed by atoms with Gasteiger partial charge in [0, 0.05) is 0 Å². The molecule has 1 unspecified atom stereocenters. The van der Waals surface area contributed by atoms with Crippen LogP contribution >= 0.6 is 0 Å². The van der Waals surface area contributed by atoms with Crippen LogP contribution in [0.4, 0.5) is 0 Å². The highest BCUT2D eigenvalue weighted by Gasteiger charge is 2.24. The first kappa shape index (κ1) is 11.5. The summed E-state index contributed by atoms with van der Waals surface area (Å²) in [5, 5.41) is 12.1. The molecular weight excluding hydrogens is 178 g/mol. The van der Waals surface area contributed by atoms with Crippen molar-refractivity contribution in [2.45, 2.75) is 51.5 Å². The van der Waals surface area contributed by atoms with Crippen LogP contribution < -0.4 is 5.32 Å². The Hall–Kier alpha value is -0.570. The second-order valence-electron chi connectivity index (χ2n) is 4.24. The molecule has 1 atom stereocenters. The highest BCUT2D eigenvalue weighted by Crippen LogP contribution is 2.27. The van der Waals surface area contributed by atoms with Gasteiger partial charge in [-0.3, -0.25) is 4.79 Å². The maximum absolute atomic E-state index is 10.9. The van der Waals surface area contributed by atoms with Crippen molar-refractivity contribution in [3.05, 3.63) is 0 Å². The lowest BCUT2D eigenvalue weighted by molar-refractivity contribution is -0.139. The molecule has 0 amide bonds. The lowest BCUT2D eigenvalue weighted by atomic mass is 10.1. The molecule has 0 bridgehead atoms. The van der Waals surface area contributed by atoms with Gasteiger partial charge in [0.25, 0.3) is 0 Å². The van der Waals surface area contributed by atoms with E-state index in [-0.39, 0.29) is 6.04 Å². The van der Waals surface area contributed by atoms with E-state index in [4.69, 9.17) is 5.11 Å². The minimum absolute atomic E-state index is 0.317. The molecule has 0 aliphatic heterocycles. The Morgan fingerprint density at radius 1 is 1.50 bits per heavy atom. The third-order valence-corrected chi connectivity index (χ3v) is 2.74. The van der Waals surface area contributed by atoms with Crippen LogP contribution in [0.2, 0.25) is 0 Å². The standard InChI is InChI=1S/C11H21NO2/c1-2-3-4-5-10(11(13)14)12-8-9-6-7-9/h9-10,12H,2-8H2,1H3,(H,13,14). The first-order valence-corrected chi connectivity index (χ1v) is 5.70. The Morgan fingerprint density at radius 3 is 2.71 bits per heavy atom. The van der Waals surface area contributed by atoms with Crippen LogP contribution in [0.15, 0.2) is 0 Å². The minimum atomic E-state index is -0.693. The molecule has 0 radical (unpaired) electrons. The summed E-state index contributed by atoms with van der Waals surface area (Å²) in [6.45, 7) is 3.02. The van der Waals surface area contributed by atoms with Gasteiger partial charge in [0.05, 0.1) is 0 Å². The number of aliphatic carboxylic acids is 1. The highest BCUT2D eigenvalue weighted by molar-refractivity contribution is 5.73. The lowest BCUT2D eigenvalue weighted by Crippen LogP contribution is -2.37. The predicted molar refractivity (Wildman–Crippen MR) is 56.3 cm³/mol. The first-order chi connectivity index (χ1) is 6.74. The van der Waals surface area contributed by atoms with Crippen molar-refractivity contribution in [1.29, 1.82) is 0 Å². The zero-order chi connectivity index (χ0) is 10.4. The SMILES string of the molecule is CCCCCC(NCC1CC1)C(=O)O. The molecule has 1 rings (SSSR count). The van der Waals surface area contributed by atoms with Gasteiger partial charge >= 0.3 is 5.97 Å². The van der Waals surface area contributed by atoms with Crippen molar-refractivity contribution in [3.63, 3.8) is 0 Å². The minimum Gasteiger partial charge on any atom is -0.480 e. The summed E-state index contributed by atoms with van der Waals surface area (Å²) in [7, 11) is 0. The first-order valence-electron chi connectivity index (χ1n) is 5.70. The summed E-state index contributed by atoms with van der Waals surface area (Å²) in [5.74, 6) is 0.0600. The largest absolute Gasteiger partial charge is 0.480 e. The van der Waals surface area contributed by atoms with E-state index in [2.05, 4.69) is 12.2 Å². The monoisotopic (exact) mass is 199 g/mol. The molecule has 0 aromatic carbocycles. The Bertz CT molecular complexity index is 178. The van der Waals surface area contributed by atoms with Gasteiger partial charge in [-0.15, -0.1) is 0 Å². The van der Waals surface area contributed by atoms with Crippen molar-refractivity contribution < 1.29 is 9.90 Å². The molecule has 1 fully saturated rings. The van der Waals surface area contributed by atoms with Crippen LogP contribution in [0, 0.1) is 5.92 Å². The molecule has 3 heteroatoms. The number of hydrogen-bond donors (Lipinski definition) is 2. The molecule has 0 aromatic heterocycles. The van der Waals surface area contributed by atoms with Crippen LogP contribution in [-0.4, -0.2) is 23.7 Å². The fourth-order valence-corrected chi connectivity index (χ4v) is 1.54. The van der Waals surface area contributed by atoms with Gasteiger partial charge in [0.2, 0.25) is 0 Å². The average molecular weight is 199 g/mol. The van der Waals surface area contributed by atoms with Crippen molar-refractivity contribution in [1.82, 2.24) is 5.32 Å². The van der Waals surface area contributed by atoms with Crippen LogP contribution in [0.5, 0.6) is 0 Å². The van der Waals surface area contributed by atoms with Gasteiger partial charge < -0.3 is 10.4 Å². The molecule has 1 saturated carbocycles. The van der Waals surface area contributed by atoms with Gasteiger partial charge in [-0.1, -0.05) is 26.2 Å². The van der Waals surface area contributed by atoms with Gasteiger partial charge in [-0.25, -0.2) is 0 Å². The van der Waals surface area contributed by atoms with Crippen molar-refractivity contribution in [3.8, 4) is 0 Å². The summed E-state index contributed by atoms with van der Waals surface area (Å²) < 4.78 is 0. The second-order valence-corrected chi connectivity index (χ2v) is 4.24. The zero-order valence-corrected chi connectivity index (χ0v) is 8.96. The summed E-state index contributed by atoms with van der Waals surface area (Å²) >= 11 is 0. The smallest absolute Gasteiger partial charge is 0.320 e. The second kappa shape index (κ2) is 6.02. The Morgan fingerprint density at radius 2 is 2.21 bits per heavy atom. The molecule has 14 heavy (non-hydrogen) atoms. The summed E-state index contributed by atoms with van der Waals surface area (Å²) in [4.78, 5) is 10.9. The van der Waals surface area contributed by atoms with Crippen LogP contribution in [-0.2, 0) is 4.79 Å². The number of unbranched alkanes of at least 4 members (excludes halogenated alkanes) is 2. The molecule has 2 N–H and O–H groups in total. The lowest BCUT2D eigenvalue weighted by Gasteiger charge is -2.13. The van der Waals surface area contributed by atoms with E-state index >= 15 is 0 Å². The third-order valence-electron chi connectivity index (χ3n) is 2.74. The molecule has 1 aliphatic rings. The van der Waals surface area contributed by atoms with E-state index in [0.717, 1.165) is 38.1 Å². The highest BCUT2D eigenvalue weighted by atomic mass is 16.4. The van der Waals surface area contributed by atoms with E-state index in [9.17, 15) is 4.79 Å². The van der Waals surface area contributed by atoms with E-state index in [1.807, 2.05) is 0 Å². The average Bonchev–Trinajstić information content (AvgIpc) is 2.94. The van der Waals surface area contributed by atoms with E-state index in [1.165, 1.54) is 12.8 Å². The van der Waals surface area contributed by atoms with E-state index in [0.29, 0.717) is 0 Å². The molecule has 0 heterocycles. The summed E-state index contributed by atoms with van der Waals surface area (Å²) in [6, 6.07) is -0.317. The third kappa shape index (κ3) is 4.61. The number of carboxylic acids is 1. The quantitative estimate of drug-likeness (QED) is 0.588. The molecule has 82 valence electrons. The zero-order valence-electron chi connectivity index (χ0n) is 8.96. The van der Waals surface area contributed by atoms with E-state index in [1.54, 1.807) is 0 Å². The summed E-state index contributed by atoms with van der Waals surface area (Å²) in [5.41, 5.74) is 0. The van der Waals surface area contributed by atoms with Gasteiger partial charge in [-0.2, -0.15) is 0 Å². The number of carboxylic acid groups (broad SMARTS) is 1. The van der Waals surface area contributed by atoms with Crippen LogP contribution in [0.1, 0.15) is 45.4 Å². The number of carbonyl (C=O) groups is 1. The molecule has 1 aliphatic carbocycles. The Labute approximate surface area is 85.9 Å². The topological polar surface area (TPSA) is 49.3 Å². The Kier molecular flexibility index (Phi) is 4.94. The number of nitrogens with one attached hydrogen (secondary N) is 1. The van der Waals surface area contributed by atoms with Crippen molar-refractivity contribution in [2.75, 3.05) is 6.54 Å². The van der Waals surface area contributed by atoms with Crippen LogP contribution in [0.3, 0.4) is 0 Å². The van der Waals surface area contributed by atoms with Gasteiger partial charge in [0.1, 0.15) is 6.04 Å². The molecule has 0 aromatic rings. The molecule has 0 spiro atoms. The van der Waals surface area contributed by atoms with Crippen LogP contribution in [0.25, 0.3) is 0 Å². The fourth-order valence-electron chi connectivity index (χ4n) is 1.54. The van der Waals surface area contributed by atoms with Crippen molar-refractivity contribution in [2.24, 2.45) is 5.92 Å². The molecule has 3 nitrogen and oxygen atoms in total. The van der Waals surface area contributed by atoms with E-state index < -0.39 is 5.97 Å². The molecular formula is C11H21NO2. The maximum atomic E-state index is 10.9. The van der Waals surface area contributed by atoms with Gasteiger partial charge in [0.15, 0.2) is 0 Å². The van der Waals surface area contributed by atoms with Crippen molar-refractivity contribution >= 4 is 5.97 Å². The normalized spacial score (nSPS) is 18.1. The Balaban J connectivity index is 2.12. The predicted octanol–water partition coefficient (Wildman–Crippen LogP) is 2.02. The summed E-state index contributed by atoms with van der Waals surface area (Å²) in [6.07, 6.45) is 6.62. The van der Waals surface area contributed by atoms with Gasteiger partial charge in [-0.05, 0) is 31.7 Å². The number of rotatable bonds is 8.